The first kappa shape index (κ1) is 33.8. The average Bonchev–Trinajstić information content (AvgIpc) is 3.58. The van der Waals surface area contributed by atoms with Gasteiger partial charge in [-0.25, -0.2) is 8.78 Å². The molecule has 14 heteroatoms. The molecule has 0 unspecified atom stereocenters. The van der Waals surface area contributed by atoms with Crippen LogP contribution in [0.2, 0.25) is 0 Å². The summed E-state index contributed by atoms with van der Waals surface area (Å²) in [6, 6.07) is 19.4. The maximum Gasteiger partial charge on any atom is 0.270 e. The molecule has 2 aromatic heterocycles. The van der Waals surface area contributed by atoms with Gasteiger partial charge < -0.3 is 24.7 Å². The smallest absolute Gasteiger partial charge is 0.270 e. The van der Waals surface area contributed by atoms with Gasteiger partial charge >= 0.3 is 0 Å². The standard InChI is InChI=1S/C17H16FN3O4.C17H18FN3O2/c1-20-15-5-4-12(21(22)23)10-13(15)17(19-20)11-3-6-16(14(18)9-11)25-8-7-24-2;1-21-15-5-4-12(19)10-13(15)17(20-21)11-3-6-16(14(18)9-11)23-8-7-22-2/h3-6,9-10H,7-8H2,1-2H3;3-6,9-10H,7-8,19H2,1-2H3. The van der Waals surface area contributed by atoms with Crippen LogP contribution >= 0.6 is 0 Å². The number of halogens is 2. The Morgan fingerprint density at radius 1 is 0.708 bits per heavy atom. The molecule has 0 aliphatic rings. The highest BCUT2D eigenvalue weighted by Crippen LogP contribution is 2.33. The number of anilines is 1. The zero-order valence-corrected chi connectivity index (χ0v) is 26.8. The Labute approximate surface area is 274 Å². The highest BCUT2D eigenvalue weighted by molar-refractivity contribution is 5.96. The average molecular weight is 661 g/mol. The first-order valence-corrected chi connectivity index (χ1v) is 14.8. The molecular weight excluding hydrogens is 626 g/mol. The lowest BCUT2D eigenvalue weighted by Gasteiger charge is -2.07. The number of nitro groups is 1. The topological polar surface area (TPSA) is 142 Å². The van der Waals surface area contributed by atoms with Crippen LogP contribution in [-0.2, 0) is 23.6 Å². The van der Waals surface area contributed by atoms with Gasteiger partial charge in [0.05, 0.1) is 29.2 Å². The van der Waals surface area contributed by atoms with Crippen molar-refractivity contribution in [3.8, 4) is 34.0 Å². The first-order chi connectivity index (χ1) is 23.1. The number of benzene rings is 4. The Morgan fingerprint density at radius 3 is 1.65 bits per heavy atom. The van der Waals surface area contributed by atoms with Gasteiger partial charge in [0, 0.05) is 68.0 Å². The number of rotatable bonds is 11. The highest BCUT2D eigenvalue weighted by atomic mass is 19.1. The SMILES string of the molecule is COCCOc1ccc(-c2nn(C)c3ccc(N)cc23)cc1F.COCCOc1ccc(-c2nn(C)c3ccc([N+](=O)[O-])cc23)cc1F. The highest BCUT2D eigenvalue weighted by Gasteiger charge is 2.17. The summed E-state index contributed by atoms with van der Waals surface area (Å²) in [5.74, 6) is -0.642. The van der Waals surface area contributed by atoms with Gasteiger partial charge in [0.2, 0.25) is 0 Å². The quantitative estimate of drug-likeness (QED) is 0.0733. The molecule has 0 saturated heterocycles. The van der Waals surface area contributed by atoms with Gasteiger partial charge in [0.1, 0.15) is 24.6 Å². The first-order valence-electron chi connectivity index (χ1n) is 14.8. The molecule has 250 valence electrons. The van der Waals surface area contributed by atoms with Gasteiger partial charge in [-0.3, -0.25) is 19.5 Å². The van der Waals surface area contributed by atoms with Crippen molar-refractivity contribution < 1.29 is 32.7 Å². The third-order valence-corrected chi connectivity index (χ3v) is 7.42. The largest absolute Gasteiger partial charge is 0.488 e. The van der Waals surface area contributed by atoms with Gasteiger partial charge in [0.25, 0.3) is 5.69 Å². The fourth-order valence-corrected chi connectivity index (χ4v) is 5.08. The minimum absolute atomic E-state index is 0.0401. The summed E-state index contributed by atoms with van der Waals surface area (Å²) >= 11 is 0. The Balaban J connectivity index is 0.000000188. The summed E-state index contributed by atoms with van der Waals surface area (Å²) in [5, 5.41) is 21.3. The van der Waals surface area contributed by atoms with E-state index in [0.29, 0.717) is 53.4 Å². The minimum Gasteiger partial charge on any atom is -0.488 e. The van der Waals surface area contributed by atoms with E-state index < -0.39 is 16.6 Å². The molecule has 0 spiro atoms. The van der Waals surface area contributed by atoms with E-state index >= 15 is 0 Å². The number of non-ortho nitro benzene ring substituents is 1. The van der Waals surface area contributed by atoms with Crippen LogP contribution in [0.3, 0.4) is 0 Å². The molecule has 0 aliphatic carbocycles. The molecule has 0 radical (unpaired) electrons. The molecular formula is C34H34F2N6O6. The molecule has 0 bridgehead atoms. The lowest BCUT2D eigenvalue weighted by Crippen LogP contribution is -2.05. The van der Waals surface area contributed by atoms with Crippen molar-refractivity contribution in [1.29, 1.82) is 0 Å². The van der Waals surface area contributed by atoms with Crippen LogP contribution in [-0.4, -0.2) is 65.1 Å². The number of hydrogen-bond donors (Lipinski definition) is 1. The number of methoxy groups -OCH3 is 2. The maximum atomic E-state index is 14.3. The molecule has 0 amide bonds. The molecule has 4 aromatic carbocycles. The number of nitrogen functional groups attached to an aromatic ring is 1. The minimum atomic E-state index is -0.530. The number of nitrogens with two attached hydrogens (primary N) is 1. The second-order valence-corrected chi connectivity index (χ2v) is 10.7. The number of fused-ring (bicyclic) bond motifs is 2. The second-order valence-electron chi connectivity index (χ2n) is 10.7. The van der Waals surface area contributed by atoms with Crippen molar-refractivity contribution in [2.75, 3.05) is 46.4 Å². The van der Waals surface area contributed by atoms with E-state index in [2.05, 4.69) is 10.2 Å². The monoisotopic (exact) mass is 660 g/mol. The van der Waals surface area contributed by atoms with E-state index in [1.165, 1.54) is 37.4 Å². The van der Waals surface area contributed by atoms with Crippen LogP contribution in [0.15, 0.2) is 72.8 Å². The lowest BCUT2D eigenvalue weighted by atomic mass is 10.1. The van der Waals surface area contributed by atoms with Crippen LogP contribution in [0.1, 0.15) is 0 Å². The molecule has 2 heterocycles. The van der Waals surface area contributed by atoms with Crippen LogP contribution in [0.5, 0.6) is 11.5 Å². The summed E-state index contributed by atoms with van der Waals surface area (Å²) in [6.07, 6.45) is 0. The molecule has 2 N–H and O–H groups in total. The summed E-state index contributed by atoms with van der Waals surface area (Å²) < 4.78 is 52.2. The van der Waals surface area contributed by atoms with E-state index in [1.54, 1.807) is 47.8 Å². The van der Waals surface area contributed by atoms with Gasteiger partial charge in [-0.15, -0.1) is 0 Å². The zero-order chi connectivity index (χ0) is 34.4. The summed E-state index contributed by atoms with van der Waals surface area (Å²) in [5.41, 5.74) is 10.5. The van der Waals surface area contributed by atoms with Crippen molar-refractivity contribution in [1.82, 2.24) is 19.6 Å². The summed E-state index contributed by atoms with van der Waals surface area (Å²) in [4.78, 5) is 10.5. The number of hydrogen-bond acceptors (Lipinski definition) is 9. The molecule has 0 saturated carbocycles. The van der Waals surface area contributed by atoms with Gasteiger partial charge in [-0.05, 0) is 60.7 Å². The Morgan fingerprint density at radius 2 is 1.19 bits per heavy atom. The van der Waals surface area contributed by atoms with Crippen LogP contribution in [0.25, 0.3) is 44.3 Å². The molecule has 0 atom stereocenters. The summed E-state index contributed by atoms with van der Waals surface area (Å²) in [7, 11) is 6.69. The molecule has 12 nitrogen and oxygen atoms in total. The van der Waals surface area contributed by atoms with E-state index in [1.807, 2.05) is 25.2 Å². The van der Waals surface area contributed by atoms with Gasteiger partial charge in [-0.1, -0.05) is 0 Å². The number of aromatic nitrogens is 4. The lowest BCUT2D eigenvalue weighted by molar-refractivity contribution is -0.384. The molecule has 48 heavy (non-hydrogen) atoms. The van der Waals surface area contributed by atoms with Crippen molar-refractivity contribution in [2.24, 2.45) is 14.1 Å². The fraction of sp³-hybridized carbons (Fsp3) is 0.235. The van der Waals surface area contributed by atoms with Gasteiger partial charge in [-0.2, -0.15) is 10.2 Å². The predicted molar refractivity (Wildman–Crippen MR) is 178 cm³/mol. The molecule has 0 fully saturated rings. The van der Waals surface area contributed by atoms with E-state index in [4.69, 9.17) is 24.7 Å². The Kier molecular flexibility index (Phi) is 10.5. The number of ether oxygens (including phenoxy) is 4. The zero-order valence-electron chi connectivity index (χ0n) is 26.8. The van der Waals surface area contributed by atoms with Crippen molar-refractivity contribution in [3.63, 3.8) is 0 Å². The normalized spacial score (nSPS) is 11.0. The Hall–Kier alpha value is -5.60. The van der Waals surface area contributed by atoms with Gasteiger partial charge in [0.15, 0.2) is 23.1 Å². The van der Waals surface area contributed by atoms with Crippen LogP contribution in [0, 0.1) is 21.7 Å². The van der Waals surface area contributed by atoms with E-state index in [0.717, 1.165) is 16.4 Å². The number of aryl methyl sites for hydroxylation is 2. The van der Waals surface area contributed by atoms with Crippen LogP contribution < -0.4 is 15.2 Å². The molecule has 0 aliphatic heterocycles. The number of nitrogens with zero attached hydrogens (tertiary/aromatic N) is 5. The molecule has 6 rings (SSSR count). The van der Waals surface area contributed by atoms with Crippen molar-refractivity contribution in [3.05, 3.63) is 94.5 Å². The van der Waals surface area contributed by atoms with Crippen LogP contribution in [0.4, 0.5) is 20.2 Å². The third-order valence-electron chi connectivity index (χ3n) is 7.42. The van der Waals surface area contributed by atoms with Crippen molar-refractivity contribution in [2.45, 2.75) is 0 Å². The summed E-state index contributed by atoms with van der Waals surface area (Å²) in [6.45, 7) is 1.31. The predicted octanol–water partition coefficient (Wildman–Crippen LogP) is 6.30. The maximum absolute atomic E-state index is 14.3. The number of nitro benzene ring substituents is 1. The van der Waals surface area contributed by atoms with E-state index in [-0.39, 0.29) is 23.8 Å². The third kappa shape index (κ3) is 7.35. The fourth-order valence-electron chi connectivity index (χ4n) is 5.08. The van der Waals surface area contributed by atoms with Crippen molar-refractivity contribution >= 4 is 33.2 Å². The Bertz CT molecular complexity index is 2080. The second kappa shape index (κ2) is 14.9. The molecule has 6 aromatic rings. The van der Waals surface area contributed by atoms with E-state index in [9.17, 15) is 18.9 Å².